The topological polar surface area (TPSA) is 49.3 Å². The molecule has 1 aliphatic rings. The fourth-order valence-electron chi connectivity index (χ4n) is 1.83. The van der Waals surface area contributed by atoms with Crippen molar-refractivity contribution in [3.63, 3.8) is 0 Å². The molecule has 15 heavy (non-hydrogen) atoms. The summed E-state index contributed by atoms with van der Waals surface area (Å²) in [6.45, 7) is 1.43. The van der Waals surface area contributed by atoms with Crippen LogP contribution in [0.15, 0.2) is 24.3 Å². The zero-order valence-corrected chi connectivity index (χ0v) is 8.11. The first-order valence-corrected chi connectivity index (χ1v) is 4.87. The van der Waals surface area contributed by atoms with Crippen molar-refractivity contribution in [3.8, 4) is 0 Å². The van der Waals surface area contributed by atoms with Crippen LogP contribution < -0.4 is 5.32 Å². The fraction of sp³-hybridized carbons (Fsp3) is 0.364. The van der Waals surface area contributed by atoms with E-state index in [1.807, 2.05) is 0 Å². The number of carbonyl (C=O) groups is 1. The molecule has 1 atom stereocenters. The van der Waals surface area contributed by atoms with Crippen molar-refractivity contribution in [2.45, 2.75) is 5.92 Å². The zero-order valence-electron chi connectivity index (χ0n) is 8.11. The van der Waals surface area contributed by atoms with Crippen molar-refractivity contribution in [2.75, 3.05) is 13.1 Å². The van der Waals surface area contributed by atoms with Gasteiger partial charge in [-0.25, -0.2) is 4.39 Å². The third kappa shape index (κ3) is 1.99. The van der Waals surface area contributed by atoms with Crippen LogP contribution in [0, 0.1) is 11.7 Å². The zero-order chi connectivity index (χ0) is 10.8. The van der Waals surface area contributed by atoms with Gasteiger partial charge in [0.1, 0.15) is 5.82 Å². The molecule has 0 aromatic heterocycles. The van der Waals surface area contributed by atoms with Gasteiger partial charge in [0.25, 0.3) is 0 Å². The number of aliphatic carboxylic acids is 1. The molecule has 80 valence electrons. The number of hydrogen-bond acceptors (Lipinski definition) is 2. The molecule has 0 aliphatic carbocycles. The molecule has 2 N–H and O–H groups in total. The van der Waals surface area contributed by atoms with E-state index in [1.165, 1.54) is 12.1 Å². The molecule has 1 aliphatic heterocycles. The number of nitrogens with one attached hydrogen (secondary N) is 1. The molecule has 1 saturated heterocycles. The molecule has 0 bridgehead atoms. The molecule has 0 amide bonds. The van der Waals surface area contributed by atoms with E-state index in [0.29, 0.717) is 18.7 Å². The summed E-state index contributed by atoms with van der Waals surface area (Å²) in [7, 11) is 0. The molecule has 1 aromatic carbocycles. The standard InChI is InChI=1S/C11H12FNO2/c12-9-3-1-7(2-4-9)10(11(14)15)8-5-13-6-8/h1-4,8,10,13H,5-6H2,(H,14,15). The smallest absolute Gasteiger partial charge is 0.311 e. The number of carboxylic acid groups (broad SMARTS) is 1. The van der Waals surface area contributed by atoms with E-state index in [-0.39, 0.29) is 11.7 Å². The minimum absolute atomic E-state index is 0.118. The first-order valence-electron chi connectivity index (χ1n) is 4.87. The molecule has 2 rings (SSSR count). The Bertz CT molecular complexity index is 359. The maximum absolute atomic E-state index is 12.7. The average Bonchev–Trinajstić information content (AvgIpc) is 2.12. The van der Waals surface area contributed by atoms with Crippen LogP contribution in [0.5, 0.6) is 0 Å². The highest BCUT2D eigenvalue weighted by molar-refractivity contribution is 5.76. The van der Waals surface area contributed by atoms with Crippen molar-refractivity contribution >= 4 is 5.97 Å². The van der Waals surface area contributed by atoms with E-state index in [4.69, 9.17) is 5.11 Å². The number of benzene rings is 1. The van der Waals surface area contributed by atoms with Gasteiger partial charge in [-0.05, 0) is 17.7 Å². The van der Waals surface area contributed by atoms with Gasteiger partial charge in [0.2, 0.25) is 0 Å². The Morgan fingerprint density at radius 2 is 2.00 bits per heavy atom. The highest BCUT2D eigenvalue weighted by atomic mass is 19.1. The van der Waals surface area contributed by atoms with E-state index in [0.717, 1.165) is 0 Å². The highest BCUT2D eigenvalue weighted by Gasteiger charge is 2.33. The first-order chi connectivity index (χ1) is 7.18. The Hall–Kier alpha value is -1.42. The van der Waals surface area contributed by atoms with Crippen LogP contribution in [0.25, 0.3) is 0 Å². The summed E-state index contributed by atoms with van der Waals surface area (Å²) < 4.78 is 12.7. The monoisotopic (exact) mass is 209 g/mol. The lowest BCUT2D eigenvalue weighted by Crippen LogP contribution is -2.47. The predicted octanol–water partition coefficient (Wildman–Crippen LogP) is 1.21. The maximum atomic E-state index is 12.7. The second-order valence-electron chi connectivity index (χ2n) is 3.79. The second-order valence-corrected chi connectivity index (χ2v) is 3.79. The van der Waals surface area contributed by atoms with Crippen LogP contribution in [0.4, 0.5) is 4.39 Å². The molecule has 1 fully saturated rings. The Morgan fingerprint density at radius 3 is 2.40 bits per heavy atom. The summed E-state index contributed by atoms with van der Waals surface area (Å²) in [4.78, 5) is 11.1. The normalized spacial score (nSPS) is 18.2. The van der Waals surface area contributed by atoms with Crippen molar-refractivity contribution in [2.24, 2.45) is 5.92 Å². The largest absolute Gasteiger partial charge is 0.481 e. The lowest BCUT2D eigenvalue weighted by Gasteiger charge is -2.32. The molecule has 1 unspecified atom stereocenters. The van der Waals surface area contributed by atoms with Crippen LogP contribution in [0.1, 0.15) is 11.5 Å². The summed E-state index contributed by atoms with van der Waals surface area (Å²) >= 11 is 0. The lowest BCUT2D eigenvalue weighted by atomic mass is 9.82. The molecule has 3 nitrogen and oxygen atoms in total. The number of carboxylic acids is 1. The Balaban J connectivity index is 2.23. The predicted molar refractivity (Wildman–Crippen MR) is 53.1 cm³/mol. The summed E-state index contributed by atoms with van der Waals surface area (Å²) in [6, 6.07) is 5.70. The molecule has 4 heteroatoms. The van der Waals surface area contributed by atoms with Gasteiger partial charge >= 0.3 is 5.97 Å². The van der Waals surface area contributed by atoms with Gasteiger partial charge in [-0.1, -0.05) is 12.1 Å². The van der Waals surface area contributed by atoms with Crippen molar-refractivity contribution in [1.82, 2.24) is 5.32 Å². The summed E-state index contributed by atoms with van der Waals surface area (Å²) in [5, 5.41) is 12.2. The molecule has 0 radical (unpaired) electrons. The van der Waals surface area contributed by atoms with Gasteiger partial charge in [0.05, 0.1) is 5.92 Å². The summed E-state index contributed by atoms with van der Waals surface area (Å²) in [5.74, 6) is -1.58. The number of halogens is 1. The average molecular weight is 209 g/mol. The van der Waals surface area contributed by atoms with Gasteiger partial charge in [-0.15, -0.1) is 0 Å². The Kier molecular flexibility index (Phi) is 2.68. The van der Waals surface area contributed by atoms with Crippen LogP contribution in [0.3, 0.4) is 0 Å². The lowest BCUT2D eigenvalue weighted by molar-refractivity contribution is -0.140. The van der Waals surface area contributed by atoms with Gasteiger partial charge in [0.15, 0.2) is 0 Å². The van der Waals surface area contributed by atoms with Crippen LogP contribution in [-0.2, 0) is 4.79 Å². The van der Waals surface area contributed by atoms with E-state index in [2.05, 4.69) is 5.32 Å². The van der Waals surface area contributed by atoms with Crippen molar-refractivity contribution in [1.29, 1.82) is 0 Å². The van der Waals surface area contributed by atoms with Crippen molar-refractivity contribution < 1.29 is 14.3 Å². The van der Waals surface area contributed by atoms with Crippen molar-refractivity contribution in [3.05, 3.63) is 35.6 Å². The van der Waals surface area contributed by atoms with E-state index in [9.17, 15) is 9.18 Å². The molecular formula is C11H12FNO2. The SMILES string of the molecule is O=C(O)C(c1ccc(F)cc1)C1CNC1. The van der Waals surface area contributed by atoms with E-state index < -0.39 is 11.9 Å². The fourth-order valence-corrected chi connectivity index (χ4v) is 1.83. The number of hydrogen-bond donors (Lipinski definition) is 2. The first kappa shape index (κ1) is 10.1. The van der Waals surface area contributed by atoms with Gasteiger partial charge in [-0.3, -0.25) is 4.79 Å². The van der Waals surface area contributed by atoms with Crippen LogP contribution >= 0.6 is 0 Å². The van der Waals surface area contributed by atoms with E-state index >= 15 is 0 Å². The molecule has 0 spiro atoms. The maximum Gasteiger partial charge on any atom is 0.311 e. The number of rotatable bonds is 3. The molecule has 0 saturated carbocycles. The van der Waals surface area contributed by atoms with E-state index in [1.54, 1.807) is 12.1 Å². The Labute approximate surface area is 86.9 Å². The van der Waals surface area contributed by atoms with Crippen LogP contribution in [-0.4, -0.2) is 24.2 Å². The molecular weight excluding hydrogens is 197 g/mol. The van der Waals surface area contributed by atoms with Gasteiger partial charge in [-0.2, -0.15) is 0 Å². The second kappa shape index (κ2) is 3.98. The highest BCUT2D eigenvalue weighted by Crippen LogP contribution is 2.27. The minimum atomic E-state index is -0.840. The summed E-state index contributed by atoms with van der Waals surface area (Å²) in [5.41, 5.74) is 0.676. The Morgan fingerprint density at radius 1 is 1.40 bits per heavy atom. The van der Waals surface area contributed by atoms with Gasteiger partial charge < -0.3 is 10.4 Å². The molecule has 1 heterocycles. The quantitative estimate of drug-likeness (QED) is 0.786. The van der Waals surface area contributed by atoms with Gasteiger partial charge in [0, 0.05) is 19.0 Å². The molecule has 1 aromatic rings. The minimum Gasteiger partial charge on any atom is -0.481 e. The third-order valence-corrected chi connectivity index (χ3v) is 2.78. The third-order valence-electron chi connectivity index (χ3n) is 2.78. The van der Waals surface area contributed by atoms with Crippen LogP contribution in [0.2, 0.25) is 0 Å². The summed E-state index contributed by atoms with van der Waals surface area (Å²) in [6.07, 6.45) is 0.